The summed E-state index contributed by atoms with van der Waals surface area (Å²) >= 11 is 0. The van der Waals surface area contributed by atoms with E-state index in [1.807, 2.05) is 19.9 Å². The van der Waals surface area contributed by atoms with Crippen molar-refractivity contribution in [3.05, 3.63) is 47.3 Å². The molecule has 0 radical (unpaired) electrons. The highest BCUT2D eigenvalue weighted by atomic mass is 16.5. The summed E-state index contributed by atoms with van der Waals surface area (Å²) in [5, 5.41) is 12.6. The van der Waals surface area contributed by atoms with Crippen molar-refractivity contribution in [2.45, 2.75) is 20.0 Å². The van der Waals surface area contributed by atoms with E-state index in [0.29, 0.717) is 17.1 Å². The van der Waals surface area contributed by atoms with Gasteiger partial charge in [0.1, 0.15) is 5.75 Å². The summed E-state index contributed by atoms with van der Waals surface area (Å²) in [5.41, 5.74) is 1.39. The Kier molecular flexibility index (Phi) is 3.10. The minimum absolute atomic E-state index is 0.231. The molecular formula is C13H12N2O2. The molecule has 0 saturated heterocycles. The third-order valence-corrected chi connectivity index (χ3v) is 2.32. The number of hydrogen-bond acceptors (Lipinski definition) is 4. The lowest BCUT2D eigenvalue weighted by Gasteiger charge is -2.11. The molecule has 4 nitrogen and oxygen atoms in total. The van der Waals surface area contributed by atoms with Crippen molar-refractivity contribution in [1.82, 2.24) is 5.16 Å². The number of benzene rings is 1. The molecule has 0 spiro atoms. The quantitative estimate of drug-likeness (QED) is 0.810. The zero-order chi connectivity index (χ0) is 12.3. The number of ether oxygens (including phenoxy) is 1. The Balaban J connectivity index is 2.13. The van der Waals surface area contributed by atoms with Crippen molar-refractivity contribution >= 4 is 0 Å². The van der Waals surface area contributed by atoms with Gasteiger partial charge in [-0.05, 0) is 32.0 Å². The highest BCUT2D eigenvalue weighted by Gasteiger charge is 2.12. The summed E-state index contributed by atoms with van der Waals surface area (Å²) in [6.45, 7) is 3.73. The Bertz CT molecular complexity index is 555. The molecule has 4 heteroatoms. The molecule has 86 valence electrons. The number of aryl methyl sites for hydroxylation is 1. The van der Waals surface area contributed by atoms with Crippen LogP contribution in [-0.2, 0) is 0 Å². The van der Waals surface area contributed by atoms with Crippen molar-refractivity contribution in [2.75, 3.05) is 0 Å². The maximum absolute atomic E-state index is 8.78. The summed E-state index contributed by atoms with van der Waals surface area (Å²) in [6, 6.07) is 10.9. The molecule has 17 heavy (non-hydrogen) atoms. The SMILES string of the molecule is Cc1cc(C(C)Oc2cccc(C#N)c2)on1. The molecule has 0 fully saturated rings. The first-order valence-corrected chi connectivity index (χ1v) is 5.29. The number of aromatic nitrogens is 1. The summed E-state index contributed by atoms with van der Waals surface area (Å²) in [6.07, 6.45) is -0.231. The zero-order valence-corrected chi connectivity index (χ0v) is 9.68. The maximum atomic E-state index is 8.78. The van der Waals surface area contributed by atoms with Crippen LogP contribution in [0, 0.1) is 18.3 Å². The lowest BCUT2D eigenvalue weighted by Crippen LogP contribution is -2.01. The second kappa shape index (κ2) is 4.71. The minimum Gasteiger partial charge on any atom is -0.483 e. The summed E-state index contributed by atoms with van der Waals surface area (Å²) < 4.78 is 10.8. The van der Waals surface area contributed by atoms with E-state index in [-0.39, 0.29) is 6.10 Å². The molecule has 1 heterocycles. The molecule has 1 aromatic carbocycles. The van der Waals surface area contributed by atoms with Crippen LogP contribution in [0.1, 0.15) is 30.0 Å². The van der Waals surface area contributed by atoms with Crippen LogP contribution < -0.4 is 4.74 Å². The van der Waals surface area contributed by atoms with E-state index in [1.54, 1.807) is 24.3 Å². The molecule has 0 N–H and O–H groups in total. The fourth-order valence-corrected chi connectivity index (χ4v) is 1.48. The number of hydrogen-bond donors (Lipinski definition) is 0. The molecule has 0 bridgehead atoms. The van der Waals surface area contributed by atoms with Crippen LogP contribution >= 0.6 is 0 Å². The smallest absolute Gasteiger partial charge is 0.177 e. The Morgan fingerprint density at radius 3 is 2.88 bits per heavy atom. The van der Waals surface area contributed by atoms with E-state index < -0.39 is 0 Å². The predicted octanol–water partition coefficient (Wildman–Crippen LogP) is 2.99. The molecule has 1 unspecified atom stereocenters. The van der Waals surface area contributed by atoms with Gasteiger partial charge in [0.15, 0.2) is 11.9 Å². The van der Waals surface area contributed by atoms with Gasteiger partial charge in [0, 0.05) is 6.07 Å². The summed E-state index contributed by atoms with van der Waals surface area (Å²) in [7, 11) is 0. The van der Waals surface area contributed by atoms with Gasteiger partial charge in [-0.25, -0.2) is 0 Å². The van der Waals surface area contributed by atoms with Crippen molar-refractivity contribution in [3.63, 3.8) is 0 Å². The lowest BCUT2D eigenvalue weighted by molar-refractivity contribution is 0.182. The second-order valence-corrected chi connectivity index (χ2v) is 3.77. The van der Waals surface area contributed by atoms with Crippen molar-refractivity contribution in [1.29, 1.82) is 5.26 Å². The van der Waals surface area contributed by atoms with Crippen molar-refractivity contribution < 1.29 is 9.26 Å². The van der Waals surface area contributed by atoms with Gasteiger partial charge in [0.25, 0.3) is 0 Å². The molecule has 0 saturated carbocycles. The van der Waals surface area contributed by atoms with E-state index in [9.17, 15) is 0 Å². The van der Waals surface area contributed by atoms with Crippen LogP contribution in [-0.4, -0.2) is 5.16 Å². The first kappa shape index (κ1) is 11.2. The van der Waals surface area contributed by atoms with E-state index in [4.69, 9.17) is 14.5 Å². The van der Waals surface area contributed by atoms with Gasteiger partial charge in [-0.2, -0.15) is 5.26 Å². The number of nitriles is 1. The number of nitrogens with zero attached hydrogens (tertiary/aromatic N) is 2. The molecule has 0 aliphatic heterocycles. The fraction of sp³-hybridized carbons (Fsp3) is 0.231. The minimum atomic E-state index is -0.231. The molecule has 0 aliphatic carbocycles. The predicted molar refractivity (Wildman–Crippen MR) is 61.4 cm³/mol. The molecule has 0 aliphatic rings. The van der Waals surface area contributed by atoms with Crippen LogP contribution in [0.15, 0.2) is 34.9 Å². The summed E-state index contributed by atoms with van der Waals surface area (Å²) in [5.74, 6) is 1.32. The van der Waals surface area contributed by atoms with Crippen molar-refractivity contribution in [3.8, 4) is 11.8 Å². The van der Waals surface area contributed by atoms with Crippen LogP contribution in [0.5, 0.6) is 5.75 Å². The van der Waals surface area contributed by atoms with Crippen molar-refractivity contribution in [2.24, 2.45) is 0 Å². The van der Waals surface area contributed by atoms with Crippen LogP contribution in [0.4, 0.5) is 0 Å². The number of rotatable bonds is 3. The second-order valence-electron chi connectivity index (χ2n) is 3.77. The third-order valence-electron chi connectivity index (χ3n) is 2.32. The Morgan fingerprint density at radius 1 is 1.41 bits per heavy atom. The van der Waals surface area contributed by atoms with E-state index in [2.05, 4.69) is 11.2 Å². The van der Waals surface area contributed by atoms with Gasteiger partial charge >= 0.3 is 0 Å². The van der Waals surface area contributed by atoms with Gasteiger partial charge in [0.2, 0.25) is 0 Å². The normalized spacial score (nSPS) is 11.8. The highest BCUT2D eigenvalue weighted by Crippen LogP contribution is 2.22. The Hall–Kier alpha value is -2.28. The van der Waals surface area contributed by atoms with Crippen LogP contribution in [0.25, 0.3) is 0 Å². The van der Waals surface area contributed by atoms with Gasteiger partial charge in [-0.1, -0.05) is 11.2 Å². The molecule has 2 aromatic rings. The van der Waals surface area contributed by atoms with E-state index in [1.165, 1.54) is 0 Å². The topological polar surface area (TPSA) is 59.0 Å². The van der Waals surface area contributed by atoms with E-state index >= 15 is 0 Å². The average molecular weight is 228 g/mol. The molecule has 2 rings (SSSR count). The van der Waals surface area contributed by atoms with Gasteiger partial charge in [0.05, 0.1) is 17.3 Å². The average Bonchev–Trinajstić information content (AvgIpc) is 2.76. The molecule has 1 aromatic heterocycles. The molecule has 0 amide bonds. The van der Waals surface area contributed by atoms with Crippen LogP contribution in [0.3, 0.4) is 0 Å². The van der Waals surface area contributed by atoms with Gasteiger partial charge < -0.3 is 9.26 Å². The zero-order valence-electron chi connectivity index (χ0n) is 9.68. The Labute approximate surface area is 99.4 Å². The third kappa shape index (κ3) is 2.64. The fourth-order valence-electron chi connectivity index (χ4n) is 1.48. The van der Waals surface area contributed by atoms with Gasteiger partial charge in [-0.15, -0.1) is 0 Å². The van der Waals surface area contributed by atoms with E-state index in [0.717, 1.165) is 5.69 Å². The molecular weight excluding hydrogens is 216 g/mol. The standard InChI is InChI=1S/C13H12N2O2/c1-9-6-13(17-15-9)10(2)16-12-5-3-4-11(7-12)8-14/h3-7,10H,1-2H3. The molecule has 1 atom stereocenters. The van der Waals surface area contributed by atoms with Crippen LogP contribution in [0.2, 0.25) is 0 Å². The first-order chi connectivity index (χ1) is 8.19. The first-order valence-electron chi connectivity index (χ1n) is 5.29. The van der Waals surface area contributed by atoms with Gasteiger partial charge in [-0.3, -0.25) is 0 Å². The monoisotopic (exact) mass is 228 g/mol. The Morgan fingerprint density at radius 2 is 2.24 bits per heavy atom. The largest absolute Gasteiger partial charge is 0.483 e. The maximum Gasteiger partial charge on any atom is 0.177 e. The highest BCUT2D eigenvalue weighted by molar-refractivity contribution is 5.36. The summed E-state index contributed by atoms with van der Waals surface area (Å²) in [4.78, 5) is 0. The lowest BCUT2D eigenvalue weighted by atomic mass is 10.2.